The van der Waals surface area contributed by atoms with E-state index in [-0.39, 0.29) is 29.3 Å². The Kier molecular flexibility index (Phi) is 6.26. The van der Waals surface area contributed by atoms with Crippen molar-refractivity contribution in [1.82, 2.24) is 10.2 Å². The maximum absolute atomic E-state index is 12.7. The van der Waals surface area contributed by atoms with E-state index < -0.39 is 35.2 Å². The number of oxime groups is 1. The number of β-lactam (4-membered cyclic amide) rings is 1. The first-order chi connectivity index (χ1) is 14.2. The molecular weight excluding hydrogens is 438 g/mol. The monoisotopic (exact) mass is 455 g/mol. The van der Waals surface area contributed by atoms with Crippen molar-refractivity contribution in [3.8, 4) is 0 Å². The number of nitrogen functional groups attached to an aromatic ring is 1. The summed E-state index contributed by atoms with van der Waals surface area (Å²) in [6.07, 6.45) is 0. The third-order valence-electron chi connectivity index (χ3n) is 4.19. The van der Waals surface area contributed by atoms with Crippen LogP contribution in [0.3, 0.4) is 0 Å². The average molecular weight is 455 g/mol. The number of nitrogens with two attached hydrogens (primary N) is 1. The molecule has 4 N–H and O–H groups in total. The van der Waals surface area contributed by atoms with Crippen LogP contribution in [0.5, 0.6) is 0 Å². The molecule has 2 atom stereocenters. The number of anilines is 1. The predicted octanol–water partition coefficient (Wildman–Crippen LogP) is -2.54. The van der Waals surface area contributed by atoms with Crippen molar-refractivity contribution in [2.24, 2.45) is 5.16 Å². The quantitative estimate of drug-likeness (QED) is 0.194. The number of aromatic nitrogens is 1. The maximum Gasteiger partial charge on any atom is 0.329 e. The van der Waals surface area contributed by atoms with Gasteiger partial charge in [-0.25, -0.2) is 4.98 Å². The molecule has 160 valence electrons. The minimum absolute atomic E-state index is 0.122. The summed E-state index contributed by atoms with van der Waals surface area (Å²) < 4.78 is 4.85. The molecule has 3 heterocycles. The number of hydrogen-bond acceptors (Lipinski definition) is 11. The van der Waals surface area contributed by atoms with Crippen LogP contribution >= 0.6 is 23.1 Å². The lowest BCUT2D eigenvalue weighted by Gasteiger charge is -2.50. The Labute approximate surface area is 178 Å². The number of esters is 1. The van der Waals surface area contributed by atoms with Crippen LogP contribution in [0.25, 0.3) is 0 Å². The van der Waals surface area contributed by atoms with Crippen molar-refractivity contribution in [2.45, 2.75) is 18.3 Å². The number of thioether (sulfide) groups is 1. The van der Waals surface area contributed by atoms with Crippen molar-refractivity contribution in [3.63, 3.8) is 0 Å². The molecule has 1 aromatic heterocycles. The summed E-state index contributed by atoms with van der Waals surface area (Å²) in [5, 5.41) is 19.1. The van der Waals surface area contributed by atoms with E-state index in [1.165, 1.54) is 25.8 Å². The molecule has 0 spiro atoms. The van der Waals surface area contributed by atoms with E-state index >= 15 is 0 Å². The number of ether oxygens (including phenoxy) is 1. The molecule has 1 aromatic rings. The Balaban J connectivity index is 1.77. The smallest absolute Gasteiger partial charge is 0.329 e. The molecule has 1 saturated heterocycles. The zero-order chi connectivity index (χ0) is 22.0. The molecule has 0 radical (unpaired) electrons. The third kappa shape index (κ3) is 4.09. The van der Waals surface area contributed by atoms with Gasteiger partial charge in [-0.05, 0) is 0 Å². The number of hydrogen-bond donors (Lipinski definition) is 2. The van der Waals surface area contributed by atoms with Crippen LogP contribution in [-0.2, 0) is 28.8 Å². The number of carboxylic acids is 1. The van der Waals surface area contributed by atoms with Gasteiger partial charge >= 0.3 is 11.1 Å². The van der Waals surface area contributed by atoms with Crippen LogP contribution in [0.1, 0.15) is 12.6 Å². The number of aliphatic carboxylic acids is 1. The first-order valence-electron chi connectivity index (χ1n) is 8.44. The van der Waals surface area contributed by atoms with E-state index in [0.717, 1.165) is 16.2 Å². The second-order valence-corrected chi connectivity index (χ2v) is 8.16. The van der Waals surface area contributed by atoms with Gasteiger partial charge in [-0.1, -0.05) is 16.5 Å². The van der Waals surface area contributed by atoms with Crippen LogP contribution in [-0.4, -0.2) is 65.2 Å². The molecule has 1 unspecified atom stereocenters. The Morgan fingerprint density at radius 3 is 2.77 bits per heavy atom. The summed E-state index contributed by atoms with van der Waals surface area (Å²) in [6.45, 7) is 0.926. The zero-order valence-corrected chi connectivity index (χ0v) is 17.4. The van der Waals surface area contributed by atoms with Crippen molar-refractivity contribution in [3.05, 3.63) is 22.3 Å². The van der Waals surface area contributed by atoms with Crippen molar-refractivity contribution in [1.29, 1.82) is 0 Å². The van der Waals surface area contributed by atoms with Gasteiger partial charge in [0, 0.05) is 23.6 Å². The first-order valence-corrected chi connectivity index (χ1v) is 10.4. The molecule has 30 heavy (non-hydrogen) atoms. The highest BCUT2D eigenvalue weighted by Gasteiger charge is 2.53. The standard InChI is InChI=1S/C16H17N5O7S2/c1-6(22)28-3-7-4-29-14-10(13(24)21(14)11(7)15(25)26)19-12(23)9(20-27-2)8-5-30-16(17)18-8/h5,10,14H,3-4H2,1-2H3,(H2,17,18)(H,19,23)(H,25,26)/b20-9-/t10-,14?/m1/s1. The van der Waals surface area contributed by atoms with Crippen molar-refractivity contribution in [2.75, 3.05) is 25.2 Å². The van der Waals surface area contributed by atoms with Gasteiger partial charge in [-0.2, -0.15) is 0 Å². The molecule has 2 aliphatic rings. The average Bonchev–Trinajstić information content (AvgIpc) is 3.13. The lowest BCUT2D eigenvalue weighted by molar-refractivity contribution is -0.356. The topological polar surface area (TPSA) is 178 Å². The van der Waals surface area contributed by atoms with Crippen molar-refractivity contribution < 1.29 is 38.8 Å². The fourth-order valence-corrected chi connectivity index (χ4v) is 4.83. The van der Waals surface area contributed by atoms with Gasteiger partial charge < -0.3 is 24.8 Å². The third-order valence-corrected chi connectivity index (χ3v) is 6.24. The summed E-state index contributed by atoms with van der Waals surface area (Å²) in [4.78, 5) is 56.4. The van der Waals surface area contributed by atoms with Crippen LogP contribution in [0.2, 0.25) is 0 Å². The number of aromatic amines is 1. The zero-order valence-electron chi connectivity index (χ0n) is 15.8. The lowest BCUT2D eigenvalue weighted by atomic mass is 10.0. The van der Waals surface area contributed by atoms with Gasteiger partial charge in [-0.15, -0.1) is 11.8 Å². The summed E-state index contributed by atoms with van der Waals surface area (Å²) in [6, 6.07) is -0.981. The maximum atomic E-state index is 12.7. The number of rotatable bonds is 7. The van der Waals surface area contributed by atoms with Gasteiger partial charge in [0.2, 0.25) is 5.71 Å². The fourth-order valence-electron chi connectivity index (χ4n) is 2.91. The first kappa shape index (κ1) is 21.6. The normalized spacial score (nSPS) is 20.9. The molecule has 1 fully saturated rings. The Hall–Kier alpha value is -3.13. The molecule has 3 rings (SSSR count). The number of carbonyl (C=O) groups excluding carboxylic acids is 4. The molecule has 0 bridgehead atoms. The minimum atomic E-state index is -1.56. The summed E-state index contributed by atoms with van der Waals surface area (Å²) >= 11 is 2.38. The molecule has 12 nitrogen and oxygen atoms in total. The van der Waals surface area contributed by atoms with E-state index in [0.29, 0.717) is 10.8 Å². The Morgan fingerprint density at radius 2 is 2.20 bits per heavy atom. The molecule has 2 aliphatic heterocycles. The van der Waals surface area contributed by atoms with Crippen LogP contribution < -0.4 is 21.1 Å². The van der Waals surface area contributed by atoms with Crippen LogP contribution in [0.15, 0.2) is 21.8 Å². The number of carboxylic acid groups (broad SMARTS) is 1. The van der Waals surface area contributed by atoms with Gasteiger partial charge in [0.1, 0.15) is 25.1 Å². The summed E-state index contributed by atoms with van der Waals surface area (Å²) in [5.74, 6) is -3.29. The number of nitrogens with zero attached hydrogens (tertiary/aromatic N) is 2. The lowest BCUT2D eigenvalue weighted by Crippen LogP contribution is -2.71. The number of fused-ring (bicyclic) bond motifs is 1. The molecule has 0 aromatic carbocycles. The van der Waals surface area contributed by atoms with Gasteiger partial charge in [0.05, 0.1) is 11.7 Å². The minimum Gasteiger partial charge on any atom is -0.543 e. The molecule has 2 amide bonds. The fraction of sp³-hybridized carbons (Fsp3) is 0.375. The highest BCUT2D eigenvalue weighted by atomic mass is 32.2. The van der Waals surface area contributed by atoms with Crippen LogP contribution in [0, 0.1) is 0 Å². The van der Waals surface area contributed by atoms with E-state index in [1.54, 1.807) is 5.38 Å². The number of thiazole rings is 1. The Bertz CT molecular complexity index is 973. The second kappa shape index (κ2) is 8.71. The van der Waals surface area contributed by atoms with Crippen molar-refractivity contribution >= 4 is 57.7 Å². The molecule has 0 aliphatic carbocycles. The number of nitrogens with one attached hydrogen (secondary N) is 2. The van der Waals surface area contributed by atoms with Gasteiger partial charge in [0.15, 0.2) is 5.69 Å². The van der Waals surface area contributed by atoms with E-state index in [1.807, 2.05) is 0 Å². The van der Waals surface area contributed by atoms with E-state index in [2.05, 4.69) is 15.5 Å². The highest BCUT2D eigenvalue weighted by molar-refractivity contribution is 8.00. The number of H-pyrrole nitrogens is 1. The predicted molar refractivity (Wildman–Crippen MR) is 103 cm³/mol. The molecule has 14 heteroatoms. The second-order valence-electron chi connectivity index (χ2n) is 6.14. The summed E-state index contributed by atoms with van der Waals surface area (Å²) in [7, 11) is 1.26. The Morgan fingerprint density at radius 1 is 1.47 bits per heavy atom. The van der Waals surface area contributed by atoms with Gasteiger partial charge in [-0.3, -0.25) is 25.0 Å². The largest absolute Gasteiger partial charge is 0.543 e. The number of carbonyl (C=O) groups is 4. The number of amides is 2. The van der Waals surface area contributed by atoms with Crippen LogP contribution in [0.4, 0.5) is 5.13 Å². The summed E-state index contributed by atoms with van der Waals surface area (Å²) in [5.41, 5.74) is 5.71. The highest BCUT2D eigenvalue weighted by Crippen LogP contribution is 2.40. The van der Waals surface area contributed by atoms with Gasteiger partial charge in [0.25, 0.3) is 11.8 Å². The SMILES string of the molecule is CO/N=C(\C(=O)N[C@@H]1C(=O)N2C(C(=O)[O-])=C(COC(C)=O)CSC12)c1csc(N)[nH+]1. The molecular formula is C16H17N5O7S2. The van der Waals surface area contributed by atoms with E-state index in [9.17, 15) is 24.3 Å². The molecule has 0 saturated carbocycles. The van der Waals surface area contributed by atoms with E-state index in [4.69, 9.17) is 15.3 Å².